The molecule has 1 aliphatic rings. The topological polar surface area (TPSA) is 49.9 Å². The van der Waals surface area contributed by atoms with E-state index in [1.807, 2.05) is 0 Å². The summed E-state index contributed by atoms with van der Waals surface area (Å²) >= 11 is 0. The number of nitrogens with one attached hydrogen (secondary N) is 2. The number of benzene rings is 1. The van der Waals surface area contributed by atoms with Crippen LogP contribution in [0.25, 0.3) is 11.4 Å². The molecular weight excluding hydrogens is 233 g/mol. The van der Waals surface area contributed by atoms with Crippen molar-refractivity contribution in [3.63, 3.8) is 0 Å². The molecule has 5 heteroatoms. The number of nitrogens with zero attached hydrogens (tertiary/aromatic N) is 1. The summed E-state index contributed by atoms with van der Waals surface area (Å²) in [5.41, 5.74) is 2.44. The molecule has 0 spiro atoms. The Balaban J connectivity index is 2.12. The number of halogens is 1. The van der Waals surface area contributed by atoms with Crippen molar-refractivity contribution < 1.29 is 9.13 Å². The third-order valence-electron chi connectivity index (χ3n) is 3.14. The van der Waals surface area contributed by atoms with Crippen LogP contribution in [0.3, 0.4) is 0 Å². The summed E-state index contributed by atoms with van der Waals surface area (Å²) in [5.74, 6) is 0.709. The Morgan fingerprint density at radius 2 is 2.28 bits per heavy atom. The van der Waals surface area contributed by atoms with Gasteiger partial charge < -0.3 is 15.0 Å². The van der Waals surface area contributed by atoms with Crippen LogP contribution in [0, 0.1) is 5.82 Å². The van der Waals surface area contributed by atoms with Gasteiger partial charge in [0.2, 0.25) is 0 Å². The number of hydrogen-bond donors (Lipinski definition) is 2. The predicted molar refractivity (Wildman–Crippen MR) is 65.9 cm³/mol. The second-order valence-corrected chi connectivity index (χ2v) is 4.25. The summed E-state index contributed by atoms with van der Waals surface area (Å²) < 4.78 is 19.1. The number of hydrogen-bond acceptors (Lipinski definition) is 3. The Morgan fingerprint density at radius 1 is 1.39 bits per heavy atom. The molecule has 1 aliphatic heterocycles. The van der Waals surface area contributed by atoms with E-state index < -0.39 is 0 Å². The number of aromatic amines is 1. The summed E-state index contributed by atoms with van der Waals surface area (Å²) in [6.07, 6.45) is 0.864. The van der Waals surface area contributed by atoms with E-state index in [1.54, 1.807) is 12.1 Å². The average Bonchev–Trinajstić information content (AvgIpc) is 2.81. The SMILES string of the molecule is COc1cccc(F)c1-c1nc2c([nH]1)CNCC2. The lowest BCUT2D eigenvalue weighted by molar-refractivity contribution is 0.413. The monoisotopic (exact) mass is 247 g/mol. The largest absolute Gasteiger partial charge is 0.496 e. The zero-order chi connectivity index (χ0) is 12.5. The van der Waals surface area contributed by atoms with Crippen LogP contribution in [-0.4, -0.2) is 23.6 Å². The van der Waals surface area contributed by atoms with Crippen LogP contribution in [0.4, 0.5) is 4.39 Å². The Morgan fingerprint density at radius 3 is 3.06 bits per heavy atom. The lowest BCUT2D eigenvalue weighted by Gasteiger charge is -2.09. The summed E-state index contributed by atoms with van der Waals surface area (Å²) in [6, 6.07) is 4.78. The molecule has 0 fully saturated rings. The number of rotatable bonds is 2. The molecule has 0 bridgehead atoms. The van der Waals surface area contributed by atoms with Gasteiger partial charge in [-0.1, -0.05) is 6.07 Å². The number of imidazole rings is 1. The third kappa shape index (κ3) is 1.76. The van der Waals surface area contributed by atoms with E-state index in [-0.39, 0.29) is 5.82 Å². The van der Waals surface area contributed by atoms with Crippen LogP contribution in [0.5, 0.6) is 5.75 Å². The minimum absolute atomic E-state index is 0.326. The molecule has 3 rings (SSSR count). The first-order valence-electron chi connectivity index (χ1n) is 5.91. The van der Waals surface area contributed by atoms with Crippen LogP contribution in [0.1, 0.15) is 11.4 Å². The van der Waals surface area contributed by atoms with Gasteiger partial charge in [0.15, 0.2) is 0 Å². The van der Waals surface area contributed by atoms with Gasteiger partial charge in [0.05, 0.1) is 24.1 Å². The Kier molecular flexibility index (Phi) is 2.76. The van der Waals surface area contributed by atoms with E-state index in [2.05, 4.69) is 15.3 Å². The van der Waals surface area contributed by atoms with Crippen LogP contribution in [0.15, 0.2) is 18.2 Å². The van der Waals surface area contributed by atoms with Crippen molar-refractivity contribution in [2.24, 2.45) is 0 Å². The molecule has 2 heterocycles. The number of ether oxygens (including phenoxy) is 1. The summed E-state index contributed by atoms with van der Waals surface area (Å²) in [7, 11) is 1.53. The van der Waals surface area contributed by atoms with Crippen molar-refractivity contribution in [1.29, 1.82) is 0 Å². The highest BCUT2D eigenvalue weighted by Crippen LogP contribution is 2.31. The van der Waals surface area contributed by atoms with E-state index in [0.717, 1.165) is 30.9 Å². The maximum absolute atomic E-state index is 13.9. The fraction of sp³-hybridized carbons (Fsp3) is 0.308. The van der Waals surface area contributed by atoms with Crippen molar-refractivity contribution in [3.05, 3.63) is 35.4 Å². The number of fused-ring (bicyclic) bond motifs is 1. The summed E-state index contributed by atoms with van der Waals surface area (Å²) in [5, 5.41) is 3.25. The van der Waals surface area contributed by atoms with E-state index >= 15 is 0 Å². The molecule has 94 valence electrons. The van der Waals surface area contributed by atoms with Crippen molar-refractivity contribution in [2.45, 2.75) is 13.0 Å². The van der Waals surface area contributed by atoms with Crippen molar-refractivity contribution >= 4 is 0 Å². The zero-order valence-corrected chi connectivity index (χ0v) is 10.1. The molecule has 1 aromatic heterocycles. The average molecular weight is 247 g/mol. The predicted octanol–water partition coefficient (Wildman–Crippen LogP) is 1.87. The van der Waals surface area contributed by atoms with Gasteiger partial charge in [-0.2, -0.15) is 0 Å². The maximum Gasteiger partial charge on any atom is 0.144 e. The normalized spacial score (nSPS) is 14.3. The fourth-order valence-electron chi connectivity index (χ4n) is 2.24. The smallest absolute Gasteiger partial charge is 0.144 e. The fourth-order valence-corrected chi connectivity index (χ4v) is 2.24. The summed E-state index contributed by atoms with van der Waals surface area (Å²) in [4.78, 5) is 7.65. The van der Waals surface area contributed by atoms with Crippen molar-refractivity contribution in [1.82, 2.24) is 15.3 Å². The quantitative estimate of drug-likeness (QED) is 0.851. The molecule has 0 unspecified atom stereocenters. The van der Waals surface area contributed by atoms with Crippen LogP contribution < -0.4 is 10.1 Å². The van der Waals surface area contributed by atoms with Crippen LogP contribution in [0.2, 0.25) is 0 Å². The molecule has 0 radical (unpaired) electrons. The van der Waals surface area contributed by atoms with E-state index in [9.17, 15) is 4.39 Å². The lowest BCUT2D eigenvalue weighted by atomic mass is 10.2. The minimum Gasteiger partial charge on any atom is -0.496 e. The highest BCUT2D eigenvalue weighted by atomic mass is 19.1. The molecule has 0 saturated heterocycles. The molecule has 18 heavy (non-hydrogen) atoms. The van der Waals surface area contributed by atoms with Gasteiger partial charge in [0, 0.05) is 19.5 Å². The molecule has 0 saturated carbocycles. The number of aromatic nitrogens is 2. The first-order chi connectivity index (χ1) is 8.79. The molecule has 1 aromatic carbocycles. The van der Waals surface area contributed by atoms with Crippen LogP contribution >= 0.6 is 0 Å². The van der Waals surface area contributed by atoms with Crippen molar-refractivity contribution in [2.75, 3.05) is 13.7 Å². The zero-order valence-electron chi connectivity index (χ0n) is 10.1. The number of H-pyrrole nitrogens is 1. The Labute approximate surface area is 104 Å². The van der Waals surface area contributed by atoms with Gasteiger partial charge in [0.1, 0.15) is 17.4 Å². The molecule has 0 atom stereocenters. The van der Waals surface area contributed by atoms with E-state index in [1.165, 1.54) is 13.2 Å². The van der Waals surface area contributed by atoms with Gasteiger partial charge in [-0.3, -0.25) is 0 Å². The number of methoxy groups -OCH3 is 1. The van der Waals surface area contributed by atoms with Gasteiger partial charge in [-0.25, -0.2) is 9.37 Å². The molecule has 2 N–H and O–H groups in total. The first-order valence-corrected chi connectivity index (χ1v) is 5.91. The molecule has 2 aromatic rings. The molecule has 0 aliphatic carbocycles. The summed E-state index contributed by atoms with van der Waals surface area (Å²) in [6.45, 7) is 1.66. The maximum atomic E-state index is 13.9. The highest BCUT2D eigenvalue weighted by Gasteiger charge is 2.19. The second kappa shape index (κ2) is 4.42. The Hall–Kier alpha value is -1.88. The van der Waals surface area contributed by atoms with Gasteiger partial charge >= 0.3 is 0 Å². The lowest BCUT2D eigenvalue weighted by Crippen LogP contribution is -2.23. The van der Waals surface area contributed by atoms with E-state index in [0.29, 0.717) is 17.1 Å². The first kappa shape index (κ1) is 11.2. The Bertz CT molecular complexity index is 556. The van der Waals surface area contributed by atoms with Crippen LogP contribution in [-0.2, 0) is 13.0 Å². The van der Waals surface area contributed by atoms with Gasteiger partial charge in [0.25, 0.3) is 0 Å². The molecule has 0 amide bonds. The second-order valence-electron chi connectivity index (χ2n) is 4.25. The minimum atomic E-state index is -0.326. The molecule has 4 nitrogen and oxygen atoms in total. The van der Waals surface area contributed by atoms with E-state index in [4.69, 9.17) is 4.74 Å². The van der Waals surface area contributed by atoms with Gasteiger partial charge in [-0.05, 0) is 12.1 Å². The third-order valence-corrected chi connectivity index (χ3v) is 3.14. The molecular formula is C13H14FN3O. The standard InChI is InChI=1S/C13H14FN3O/c1-18-11-4-2-3-8(14)12(11)13-16-9-5-6-15-7-10(9)17-13/h2-4,15H,5-7H2,1H3,(H,16,17). The highest BCUT2D eigenvalue weighted by molar-refractivity contribution is 5.65. The van der Waals surface area contributed by atoms with Gasteiger partial charge in [-0.15, -0.1) is 0 Å². The van der Waals surface area contributed by atoms with Crippen molar-refractivity contribution in [3.8, 4) is 17.1 Å².